The Morgan fingerprint density at radius 1 is 0.818 bits per heavy atom. The number of hydrogen-bond acceptors (Lipinski definition) is 0. The van der Waals surface area contributed by atoms with Crippen molar-refractivity contribution >= 4 is 33.4 Å². The van der Waals surface area contributed by atoms with E-state index in [1.54, 1.807) is 0 Å². The summed E-state index contributed by atoms with van der Waals surface area (Å²) >= 11 is 6.50. The third-order valence-electron chi connectivity index (χ3n) is 4.25. The molecule has 0 aliphatic heterocycles. The number of aromatic nitrogens is 1. The molecule has 0 atom stereocenters. The summed E-state index contributed by atoms with van der Waals surface area (Å²) in [5, 5.41) is 3.13. The predicted molar refractivity (Wildman–Crippen MR) is 95.3 cm³/mol. The van der Waals surface area contributed by atoms with Crippen LogP contribution in [0.15, 0.2) is 60.7 Å². The van der Waals surface area contributed by atoms with Crippen LogP contribution >= 0.6 is 11.6 Å². The summed E-state index contributed by atoms with van der Waals surface area (Å²) in [6, 6.07) is 21.1. The molecule has 0 aliphatic carbocycles. The van der Waals surface area contributed by atoms with E-state index in [0.29, 0.717) is 0 Å². The van der Waals surface area contributed by atoms with Gasteiger partial charge in [-0.15, -0.1) is 0 Å². The van der Waals surface area contributed by atoms with Crippen LogP contribution in [-0.2, 0) is 0 Å². The minimum Gasteiger partial charge on any atom is -0.309 e. The highest BCUT2D eigenvalue weighted by Gasteiger charge is 2.15. The zero-order valence-corrected chi connectivity index (χ0v) is 13.4. The Balaban J connectivity index is 2.27. The molecule has 0 N–H and O–H groups in total. The molecule has 0 amide bonds. The summed E-state index contributed by atoms with van der Waals surface area (Å²) in [7, 11) is 0. The molecule has 4 rings (SSSR count). The summed E-state index contributed by atoms with van der Waals surface area (Å²) in [5.41, 5.74) is 6.07. The third-order valence-corrected chi connectivity index (χ3v) is 4.57. The van der Waals surface area contributed by atoms with Crippen LogP contribution in [0.1, 0.15) is 11.1 Å². The van der Waals surface area contributed by atoms with E-state index >= 15 is 0 Å². The van der Waals surface area contributed by atoms with Gasteiger partial charge in [-0.2, -0.15) is 0 Å². The van der Waals surface area contributed by atoms with Gasteiger partial charge in [0.1, 0.15) is 0 Å². The lowest BCUT2D eigenvalue weighted by Gasteiger charge is -2.11. The molecular formula is C20H16ClN. The average molecular weight is 306 g/mol. The van der Waals surface area contributed by atoms with E-state index in [2.05, 4.69) is 66.9 Å². The lowest BCUT2D eigenvalue weighted by molar-refractivity contribution is 1.15. The predicted octanol–water partition coefficient (Wildman–Crippen LogP) is 6.05. The fourth-order valence-electron chi connectivity index (χ4n) is 3.21. The maximum atomic E-state index is 6.50. The number of benzene rings is 3. The number of rotatable bonds is 1. The standard InChI is InChI=1S/C20H16ClN/c1-13-10-11-15-19(12-13)22(17-8-4-3-6-14(17)2)18-9-5-7-16(21)20(15)18/h3-12H,1-2H3. The number of fused-ring (bicyclic) bond motifs is 3. The molecule has 0 aliphatic rings. The minimum absolute atomic E-state index is 0.804. The van der Waals surface area contributed by atoms with E-state index in [1.165, 1.54) is 27.7 Å². The number of nitrogens with zero attached hydrogens (tertiary/aromatic N) is 1. The third kappa shape index (κ3) is 1.86. The van der Waals surface area contributed by atoms with Gasteiger partial charge >= 0.3 is 0 Å². The van der Waals surface area contributed by atoms with Crippen molar-refractivity contribution in [3.05, 3.63) is 76.8 Å². The van der Waals surface area contributed by atoms with Crippen molar-refractivity contribution in [2.24, 2.45) is 0 Å². The number of hydrogen-bond donors (Lipinski definition) is 0. The molecule has 0 spiro atoms. The molecule has 1 nitrogen and oxygen atoms in total. The first-order valence-corrected chi connectivity index (χ1v) is 7.80. The highest BCUT2D eigenvalue weighted by molar-refractivity contribution is 6.38. The van der Waals surface area contributed by atoms with Crippen molar-refractivity contribution < 1.29 is 0 Å². The molecule has 0 unspecified atom stereocenters. The van der Waals surface area contributed by atoms with Crippen LogP contribution in [-0.4, -0.2) is 4.57 Å². The first-order chi connectivity index (χ1) is 10.7. The van der Waals surface area contributed by atoms with Gasteiger partial charge in [-0.05, 0) is 49.2 Å². The Hall–Kier alpha value is -2.25. The van der Waals surface area contributed by atoms with E-state index in [0.717, 1.165) is 15.9 Å². The normalized spacial score (nSPS) is 11.4. The summed E-state index contributed by atoms with van der Waals surface area (Å²) in [6.45, 7) is 4.27. The second kappa shape index (κ2) is 4.89. The van der Waals surface area contributed by atoms with E-state index in [-0.39, 0.29) is 0 Å². The van der Waals surface area contributed by atoms with Crippen molar-refractivity contribution in [3.63, 3.8) is 0 Å². The van der Waals surface area contributed by atoms with E-state index in [4.69, 9.17) is 11.6 Å². The van der Waals surface area contributed by atoms with Crippen molar-refractivity contribution in [1.29, 1.82) is 0 Å². The zero-order chi connectivity index (χ0) is 15.3. The van der Waals surface area contributed by atoms with Gasteiger partial charge in [0, 0.05) is 16.5 Å². The largest absolute Gasteiger partial charge is 0.309 e. The quantitative estimate of drug-likeness (QED) is 0.403. The molecule has 3 aromatic carbocycles. The second-order valence-corrected chi connectivity index (χ2v) is 6.18. The highest BCUT2D eigenvalue weighted by atomic mass is 35.5. The molecule has 0 bridgehead atoms. The van der Waals surface area contributed by atoms with Gasteiger partial charge in [0.25, 0.3) is 0 Å². The summed E-state index contributed by atoms with van der Waals surface area (Å²) < 4.78 is 2.32. The van der Waals surface area contributed by atoms with Gasteiger partial charge in [0.2, 0.25) is 0 Å². The first kappa shape index (κ1) is 13.4. The maximum absolute atomic E-state index is 6.50. The molecule has 4 aromatic rings. The van der Waals surface area contributed by atoms with E-state index in [1.807, 2.05) is 12.1 Å². The lowest BCUT2D eigenvalue weighted by atomic mass is 10.1. The number of halogens is 1. The average Bonchev–Trinajstić information content (AvgIpc) is 2.82. The molecule has 1 heterocycles. The number of para-hydroxylation sites is 1. The lowest BCUT2D eigenvalue weighted by Crippen LogP contribution is -1.96. The zero-order valence-electron chi connectivity index (χ0n) is 12.6. The van der Waals surface area contributed by atoms with Crippen LogP contribution in [0, 0.1) is 13.8 Å². The van der Waals surface area contributed by atoms with E-state index in [9.17, 15) is 0 Å². The molecule has 0 saturated carbocycles. The van der Waals surface area contributed by atoms with Crippen LogP contribution in [0.3, 0.4) is 0 Å². The Labute approximate surface area is 134 Å². The van der Waals surface area contributed by atoms with Gasteiger partial charge in [0.05, 0.1) is 16.1 Å². The van der Waals surface area contributed by atoms with Crippen LogP contribution in [0.4, 0.5) is 0 Å². The molecular weight excluding hydrogens is 290 g/mol. The van der Waals surface area contributed by atoms with Crippen molar-refractivity contribution in [2.75, 3.05) is 0 Å². The van der Waals surface area contributed by atoms with Gasteiger partial charge < -0.3 is 4.57 Å². The first-order valence-electron chi connectivity index (χ1n) is 7.42. The molecule has 108 valence electrons. The second-order valence-electron chi connectivity index (χ2n) is 5.78. The Bertz CT molecular complexity index is 1010. The Morgan fingerprint density at radius 3 is 2.45 bits per heavy atom. The smallest absolute Gasteiger partial charge is 0.0556 e. The molecule has 0 radical (unpaired) electrons. The fourth-order valence-corrected chi connectivity index (χ4v) is 3.48. The van der Waals surface area contributed by atoms with Crippen molar-refractivity contribution in [3.8, 4) is 5.69 Å². The minimum atomic E-state index is 0.804. The van der Waals surface area contributed by atoms with Gasteiger partial charge in [-0.1, -0.05) is 48.0 Å². The van der Waals surface area contributed by atoms with Gasteiger partial charge in [-0.25, -0.2) is 0 Å². The number of aryl methyl sites for hydroxylation is 2. The SMILES string of the molecule is Cc1ccc2c3c(Cl)cccc3n(-c3ccccc3C)c2c1. The summed E-state index contributed by atoms with van der Waals surface area (Å²) in [4.78, 5) is 0. The monoisotopic (exact) mass is 305 g/mol. The van der Waals surface area contributed by atoms with Crippen molar-refractivity contribution in [2.45, 2.75) is 13.8 Å². The summed E-state index contributed by atoms with van der Waals surface area (Å²) in [5.74, 6) is 0. The molecule has 2 heteroatoms. The highest BCUT2D eigenvalue weighted by Crippen LogP contribution is 2.37. The Morgan fingerprint density at radius 2 is 1.64 bits per heavy atom. The van der Waals surface area contributed by atoms with E-state index < -0.39 is 0 Å². The van der Waals surface area contributed by atoms with Gasteiger partial charge in [-0.3, -0.25) is 0 Å². The van der Waals surface area contributed by atoms with Gasteiger partial charge in [0.15, 0.2) is 0 Å². The van der Waals surface area contributed by atoms with Crippen LogP contribution < -0.4 is 0 Å². The maximum Gasteiger partial charge on any atom is 0.0556 e. The summed E-state index contributed by atoms with van der Waals surface area (Å²) in [6.07, 6.45) is 0. The molecule has 1 aromatic heterocycles. The molecule has 22 heavy (non-hydrogen) atoms. The van der Waals surface area contributed by atoms with Crippen molar-refractivity contribution in [1.82, 2.24) is 4.57 Å². The fraction of sp³-hybridized carbons (Fsp3) is 0.100. The molecule has 0 saturated heterocycles. The van der Waals surface area contributed by atoms with Crippen LogP contribution in [0.5, 0.6) is 0 Å². The van der Waals surface area contributed by atoms with Crippen LogP contribution in [0.25, 0.3) is 27.5 Å². The Kier molecular flexibility index (Phi) is 2.98. The van der Waals surface area contributed by atoms with Crippen LogP contribution in [0.2, 0.25) is 5.02 Å². The topological polar surface area (TPSA) is 4.93 Å². The molecule has 0 fully saturated rings.